The van der Waals surface area contributed by atoms with Crippen LogP contribution in [-0.4, -0.2) is 53.0 Å². The van der Waals surface area contributed by atoms with Gasteiger partial charge in [-0.15, -0.1) is 0 Å². The summed E-state index contributed by atoms with van der Waals surface area (Å²) in [5.74, 6) is -2.36. The van der Waals surface area contributed by atoms with Crippen molar-refractivity contribution in [2.75, 3.05) is 31.1 Å². The van der Waals surface area contributed by atoms with E-state index in [9.17, 15) is 23.5 Å². The van der Waals surface area contributed by atoms with Crippen LogP contribution < -0.4 is 15.6 Å². The molecule has 3 heterocycles. The van der Waals surface area contributed by atoms with Gasteiger partial charge in [-0.25, -0.2) is 18.6 Å². The van der Waals surface area contributed by atoms with E-state index in [1.165, 1.54) is 6.20 Å². The summed E-state index contributed by atoms with van der Waals surface area (Å²) in [5.41, 5.74) is -0.907. The predicted molar refractivity (Wildman–Crippen MR) is 100 cm³/mol. The predicted octanol–water partition coefficient (Wildman–Crippen LogP) is 1.95. The van der Waals surface area contributed by atoms with E-state index in [1.807, 2.05) is 6.92 Å². The number of alkyl halides is 1. The van der Waals surface area contributed by atoms with Crippen LogP contribution >= 0.6 is 0 Å². The van der Waals surface area contributed by atoms with Crippen molar-refractivity contribution in [1.82, 2.24) is 14.9 Å². The minimum Gasteiger partial charge on any atom is -0.477 e. The Morgan fingerprint density at radius 1 is 1.39 bits per heavy atom. The second-order valence-electron chi connectivity index (χ2n) is 7.47. The van der Waals surface area contributed by atoms with Gasteiger partial charge in [-0.05, 0) is 25.5 Å². The maximum Gasteiger partial charge on any atom is 0.341 e. The Morgan fingerprint density at radius 3 is 2.79 bits per heavy atom. The molecule has 2 N–H and O–H groups in total. The number of nitrogens with one attached hydrogen (secondary N) is 1. The van der Waals surface area contributed by atoms with Crippen LogP contribution in [0.5, 0.6) is 0 Å². The summed E-state index contributed by atoms with van der Waals surface area (Å²) in [6, 6.07) is 1.08. The van der Waals surface area contributed by atoms with Crippen molar-refractivity contribution in [2.45, 2.75) is 32.0 Å². The summed E-state index contributed by atoms with van der Waals surface area (Å²) < 4.78 is 30.8. The maximum atomic E-state index is 14.8. The lowest BCUT2D eigenvalue weighted by Gasteiger charge is -2.20. The highest BCUT2D eigenvalue weighted by Crippen LogP contribution is 2.37. The number of rotatable bonds is 6. The van der Waals surface area contributed by atoms with Crippen molar-refractivity contribution in [3.05, 3.63) is 33.9 Å². The molecule has 150 valence electrons. The molecule has 0 unspecified atom stereocenters. The molecule has 2 aromatic heterocycles. The van der Waals surface area contributed by atoms with E-state index in [-0.39, 0.29) is 35.4 Å². The Labute approximate surface area is 160 Å². The van der Waals surface area contributed by atoms with Gasteiger partial charge in [0.25, 0.3) is 0 Å². The summed E-state index contributed by atoms with van der Waals surface area (Å²) >= 11 is 0. The smallest absolute Gasteiger partial charge is 0.341 e. The third-order valence-electron chi connectivity index (χ3n) is 5.43. The molecule has 1 saturated heterocycles. The van der Waals surface area contributed by atoms with Crippen molar-refractivity contribution in [1.29, 1.82) is 0 Å². The topological polar surface area (TPSA) is 87.5 Å². The maximum absolute atomic E-state index is 14.8. The average molecular weight is 392 g/mol. The number of anilines is 1. The van der Waals surface area contributed by atoms with E-state index < -0.39 is 29.0 Å². The molecule has 0 amide bonds. The molecule has 1 saturated carbocycles. The number of nitrogens with zero attached hydrogens (tertiary/aromatic N) is 3. The van der Waals surface area contributed by atoms with E-state index in [0.717, 1.165) is 25.5 Å². The van der Waals surface area contributed by atoms with Crippen LogP contribution in [0.4, 0.5) is 14.6 Å². The minimum absolute atomic E-state index is 0.00558. The molecule has 4 rings (SSSR count). The number of fused-ring (bicyclic) bond motifs is 1. The molecule has 2 atom stereocenters. The van der Waals surface area contributed by atoms with Crippen LogP contribution in [0.2, 0.25) is 0 Å². The zero-order valence-electron chi connectivity index (χ0n) is 15.5. The van der Waals surface area contributed by atoms with Crippen molar-refractivity contribution in [3.8, 4) is 0 Å². The van der Waals surface area contributed by atoms with Crippen LogP contribution in [0.25, 0.3) is 11.0 Å². The first kappa shape index (κ1) is 18.8. The second-order valence-corrected chi connectivity index (χ2v) is 7.47. The normalized spacial score (nSPS) is 22.2. The van der Waals surface area contributed by atoms with Crippen LogP contribution in [-0.2, 0) is 0 Å². The fourth-order valence-electron chi connectivity index (χ4n) is 3.77. The molecule has 7 nitrogen and oxygen atoms in total. The standard InChI is InChI=1S/C19H22F2N4O3/c1-2-22-6-10-7-24(9-15(10)21)18-14(20)5-12-16(26)13(19(27)28)8-25(11-3-4-11)17(12)23-18/h5,8,10-11,15,22H,2-4,6-7,9H2,1H3,(H,27,28)/t10-,15-/m1/s1. The first-order chi connectivity index (χ1) is 13.4. The Morgan fingerprint density at radius 2 is 2.14 bits per heavy atom. The van der Waals surface area contributed by atoms with E-state index in [4.69, 9.17) is 0 Å². The van der Waals surface area contributed by atoms with Gasteiger partial charge in [0.1, 0.15) is 17.4 Å². The Balaban J connectivity index is 1.78. The second kappa shape index (κ2) is 7.12. The molecule has 9 heteroatoms. The van der Waals surface area contributed by atoms with Gasteiger partial charge in [0.2, 0.25) is 5.43 Å². The summed E-state index contributed by atoms with van der Waals surface area (Å²) in [6.45, 7) is 3.52. The zero-order valence-corrected chi connectivity index (χ0v) is 15.5. The lowest BCUT2D eigenvalue weighted by molar-refractivity contribution is 0.0695. The molecule has 0 radical (unpaired) electrons. The number of pyridine rings is 2. The van der Waals surface area contributed by atoms with E-state index in [2.05, 4.69) is 10.3 Å². The zero-order chi connectivity index (χ0) is 20.0. The molecular weight excluding hydrogens is 370 g/mol. The molecule has 28 heavy (non-hydrogen) atoms. The van der Waals surface area contributed by atoms with Crippen molar-refractivity contribution < 1.29 is 18.7 Å². The lowest BCUT2D eigenvalue weighted by atomic mass is 10.1. The molecule has 0 aromatic carbocycles. The number of hydrogen-bond donors (Lipinski definition) is 2. The Kier molecular flexibility index (Phi) is 4.78. The van der Waals surface area contributed by atoms with Gasteiger partial charge >= 0.3 is 5.97 Å². The largest absolute Gasteiger partial charge is 0.477 e. The Hall–Kier alpha value is -2.55. The number of aromatic nitrogens is 2. The first-order valence-corrected chi connectivity index (χ1v) is 9.49. The first-order valence-electron chi connectivity index (χ1n) is 9.49. The average Bonchev–Trinajstić information content (AvgIpc) is 3.43. The summed E-state index contributed by atoms with van der Waals surface area (Å²) in [7, 11) is 0. The van der Waals surface area contributed by atoms with E-state index >= 15 is 0 Å². The molecule has 2 aliphatic rings. The number of aromatic carboxylic acids is 1. The monoisotopic (exact) mass is 392 g/mol. The van der Waals surface area contributed by atoms with Crippen LogP contribution in [0.15, 0.2) is 17.1 Å². The molecule has 1 aliphatic carbocycles. The van der Waals surface area contributed by atoms with Gasteiger partial charge < -0.3 is 19.9 Å². The van der Waals surface area contributed by atoms with E-state index in [1.54, 1.807) is 9.47 Å². The van der Waals surface area contributed by atoms with Gasteiger partial charge in [0, 0.05) is 31.2 Å². The molecule has 2 fully saturated rings. The Bertz CT molecular complexity index is 989. The number of carbonyl (C=O) groups is 1. The third kappa shape index (κ3) is 3.23. The van der Waals surface area contributed by atoms with Crippen molar-refractivity contribution in [2.24, 2.45) is 5.92 Å². The van der Waals surface area contributed by atoms with Gasteiger partial charge in [-0.1, -0.05) is 6.92 Å². The lowest BCUT2D eigenvalue weighted by Crippen LogP contribution is -2.29. The minimum atomic E-state index is -1.35. The molecular formula is C19H22F2N4O3. The number of halogens is 2. The molecule has 0 bridgehead atoms. The highest BCUT2D eigenvalue weighted by molar-refractivity contribution is 5.92. The summed E-state index contributed by atoms with van der Waals surface area (Å²) in [5, 5.41) is 12.3. The number of carboxylic acid groups (broad SMARTS) is 1. The molecule has 1 aliphatic heterocycles. The third-order valence-corrected chi connectivity index (χ3v) is 5.43. The number of carboxylic acids is 1. The number of hydrogen-bond acceptors (Lipinski definition) is 5. The highest BCUT2D eigenvalue weighted by Gasteiger charge is 2.35. The highest BCUT2D eigenvalue weighted by atomic mass is 19.1. The van der Waals surface area contributed by atoms with Gasteiger partial charge in [0.05, 0.1) is 11.9 Å². The van der Waals surface area contributed by atoms with Crippen LogP contribution in [0.3, 0.4) is 0 Å². The SMILES string of the molecule is CCNC[C@@H]1CN(c2nc3c(cc2F)c(=O)c(C(=O)O)cn3C2CC2)C[C@H]1F. The van der Waals surface area contributed by atoms with Crippen LogP contribution in [0.1, 0.15) is 36.2 Å². The van der Waals surface area contributed by atoms with Crippen molar-refractivity contribution >= 4 is 22.8 Å². The molecule has 2 aromatic rings. The van der Waals surface area contributed by atoms with Gasteiger partial charge in [-0.3, -0.25) is 4.79 Å². The fraction of sp³-hybridized carbons (Fsp3) is 0.526. The quantitative estimate of drug-likeness (QED) is 0.782. The van der Waals surface area contributed by atoms with Gasteiger partial charge in [-0.2, -0.15) is 0 Å². The molecule has 0 spiro atoms. The van der Waals surface area contributed by atoms with Crippen molar-refractivity contribution in [3.63, 3.8) is 0 Å². The van der Waals surface area contributed by atoms with Gasteiger partial charge in [0.15, 0.2) is 11.6 Å². The van der Waals surface area contributed by atoms with Crippen LogP contribution in [0, 0.1) is 11.7 Å². The summed E-state index contributed by atoms with van der Waals surface area (Å²) in [6.07, 6.45) is 1.87. The van der Waals surface area contributed by atoms with E-state index in [0.29, 0.717) is 13.1 Å². The summed E-state index contributed by atoms with van der Waals surface area (Å²) in [4.78, 5) is 29.8. The fourth-order valence-corrected chi connectivity index (χ4v) is 3.77.